The second kappa shape index (κ2) is 4.55. The molecule has 2 heterocycles. The molecule has 0 saturated carbocycles. The number of benzene rings is 2. The van der Waals surface area contributed by atoms with Gasteiger partial charge < -0.3 is 15.2 Å². The van der Waals surface area contributed by atoms with Crippen LogP contribution in [-0.2, 0) is 10.3 Å². The Bertz CT molecular complexity index is 628. The quantitative estimate of drug-likeness (QED) is 0.834. The molecule has 2 aromatic rings. The lowest BCUT2D eigenvalue weighted by Gasteiger charge is -2.45. The van der Waals surface area contributed by atoms with Crippen LogP contribution in [-0.4, -0.2) is 30.4 Å². The fraction of sp³-hybridized carbons (Fsp3) is 0.412. The van der Waals surface area contributed by atoms with Crippen molar-refractivity contribution in [3.05, 3.63) is 48.0 Å². The van der Waals surface area contributed by atoms with Crippen molar-refractivity contribution in [2.45, 2.75) is 30.5 Å². The molecule has 2 fully saturated rings. The van der Waals surface area contributed by atoms with Gasteiger partial charge in [-0.1, -0.05) is 36.4 Å². The molecule has 3 heteroatoms. The van der Waals surface area contributed by atoms with Gasteiger partial charge in [-0.25, -0.2) is 0 Å². The summed E-state index contributed by atoms with van der Waals surface area (Å²) in [5, 5.41) is 17.1. The highest BCUT2D eigenvalue weighted by Crippen LogP contribution is 2.37. The van der Waals surface area contributed by atoms with E-state index in [0.29, 0.717) is 13.2 Å². The number of nitrogens with one attached hydrogen (secondary N) is 1. The van der Waals surface area contributed by atoms with E-state index in [1.165, 1.54) is 10.8 Å². The summed E-state index contributed by atoms with van der Waals surface area (Å²) < 4.78 is 5.56. The van der Waals surface area contributed by atoms with Crippen molar-refractivity contribution in [2.24, 2.45) is 0 Å². The minimum absolute atomic E-state index is 0.263. The van der Waals surface area contributed by atoms with Gasteiger partial charge in [0, 0.05) is 12.1 Å². The molecule has 20 heavy (non-hydrogen) atoms. The van der Waals surface area contributed by atoms with Gasteiger partial charge in [0.25, 0.3) is 0 Å². The molecule has 0 amide bonds. The first-order chi connectivity index (χ1) is 9.73. The van der Waals surface area contributed by atoms with Crippen LogP contribution in [0.2, 0.25) is 0 Å². The Kier molecular flexibility index (Phi) is 2.81. The molecule has 0 aliphatic carbocycles. The summed E-state index contributed by atoms with van der Waals surface area (Å²) in [5.41, 5.74) is 0.309. The zero-order chi connectivity index (χ0) is 13.6. The van der Waals surface area contributed by atoms with Crippen LogP contribution in [0.3, 0.4) is 0 Å². The highest BCUT2D eigenvalue weighted by molar-refractivity contribution is 5.83. The number of morpholine rings is 1. The molecule has 2 unspecified atom stereocenters. The zero-order valence-electron chi connectivity index (χ0n) is 11.4. The van der Waals surface area contributed by atoms with E-state index in [9.17, 15) is 5.11 Å². The standard InChI is InChI=1S/C17H19NO2/c19-17(8-15-10-20-11-16(9-17)18-15)14-6-5-12-3-1-2-4-13(12)7-14/h1-7,15-16,18-19H,8-11H2. The number of ether oxygens (including phenoxy) is 1. The average molecular weight is 269 g/mol. The van der Waals surface area contributed by atoms with Gasteiger partial charge in [-0.05, 0) is 35.2 Å². The van der Waals surface area contributed by atoms with E-state index in [1.807, 2.05) is 12.1 Å². The summed E-state index contributed by atoms with van der Waals surface area (Å²) in [6, 6.07) is 15.1. The van der Waals surface area contributed by atoms with E-state index in [-0.39, 0.29) is 12.1 Å². The average Bonchev–Trinajstić information content (AvgIpc) is 2.46. The van der Waals surface area contributed by atoms with Crippen LogP contribution in [0.5, 0.6) is 0 Å². The van der Waals surface area contributed by atoms with Crippen molar-refractivity contribution < 1.29 is 9.84 Å². The van der Waals surface area contributed by atoms with Crippen LogP contribution in [0.25, 0.3) is 10.8 Å². The minimum atomic E-state index is -0.728. The molecule has 0 spiro atoms. The second-order valence-corrected chi connectivity index (χ2v) is 6.10. The van der Waals surface area contributed by atoms with Gasteiger partial charge >= 0.3 is 0 Å². The first-order valence-corrected chi connectivity index (χ1v) is 7.28. The number of aliphatic hydroxyl groups is 1. The fourth-order valence-corrected chi connectivity index (χ4v) is 3.63. The topological polar surface area (TPSA) is 41.5 Å². The summed E-state index contributed by atoms with van der Waals surface area (Å²) in [5.74, 6) is 0. The number of piperidine rings is 1. The van der Waals surface area contributed by atoms with Crippen molar-refractivity contribution in [1.29, 1.82) is 0 Å². The third kappa shape index (κ3) is 2.03. The van der Waals surface area contributed by atoms with Crippen LogP contribution >= 0.6 is 0 Å². The number of hydrogen-bond donors (Lipinski definition) is 2. The fourth-order valence-electron chi connectivity index (χ4n) is 3.63. The molecule has 2 saturated heterocycles. The second-order valence-electron chi connectivity index (χ2n) is 6.10. The normalized spacial score (nSPS) is 33.2. The zero-order valence-corrected chi connectivity index (χ0v) is 11.4. The lowest BCUT2D eigenvalue weighted by molar-refractivity contribution is -0.0801. The highest BCUT2D eigenvalue weighted by atomic mass is 16.5. The van der Waals surface area contributed by atoms with Crippen molar-refractivity contribution in [1.82, 2.24) is 5.32 Å². The van der Waals surface area contributed by atoms with Gasteiger partial charge in [0.2, 0.25) is 0 Å². The van der Waals surface area contributed by atoms with Gasteiger partial charge in [0.05, 0.1) is 18.8 Å². The highest BCUT2D eigenvalue weighted by Gasteiger charge is 2.42. The van der Waals surface area contributed by atoms with Crippen molar-refractivity contribution in [3.8, 4) is 0 Å². The lowest BCUT2D eigenvalue weighted by atomic mass is 9.77. The third-order valence-electron chi connectivity index (χ3n) is 4.56. The van der Waals surface area contributed by atoms with E-state index in [0.717, 1.165) is 18.4 Å². The Morgan fingerprint density at radius 3 is 2.45 bits per heavy atom. The van der Waals surface area contributed by atoms with E-state index >= 15 is 0 Å². The number of rotatable bonds is 1. The summed E-state index contributed by atoms with van der Waals surface area (Å²) >= 11 is 0. The molecule has 0 radical (unpaired) electrons. The van der Waals surface area contributed by atoms with Crippen LogP contribution in [0, 0.1) is 0 Å². The molecule has 0 aromatic heterocycles. The Morgan fingerprint density at radius 2 is 1.70 bits per heavy atom. The van der Waals surface area contributed by atoms with Crippen LogP contribution in [0.4, 0.5) is 0 Å². The summed E-state index contributed by atoms with van der Waals surface area (Å²) in [6.45, 7) is 1.40. The number of hydrogen-bond acceptors (Lipinski definition) is 3. The Hall–Kier alpha value is -1.42. The largest absolute Gasteiger partial charge is 0.385 e. The molecule has 2 bridgehead atoms. The third-order valence-corrected chi connectivity index (χ3v) is 4.56. The monoisotopic (exact) mass is 269 g/mol. The van der Waals surface area contributed by atoms with E-state index < -0.39 is 5.60 Å². The molecule has 2 N–H and O–H groups in total. The minimum Gasteiger partial charge on any atom is -0.385 e. The maximum absolute atomic E-state index is 11.1. The Balaban J connectivity index is 1.73. The predicted molar refractivity (Wildman–Crippen MR) is 78.6 cm³/mol. The SMILES string of the molecule is OC1(c2ccc3ccccc3c2)CC2COCC(C1)N2. The number of fused-ring (bicyclic) bond motifs is 3. The molecule has 2 aromatic carbocycles. The van der Waals surface area contributed by atoms with Gasteiger partial charge in [-0.15, -0.1) is 0 Å². The summed E-state index contributed by atoms with van der Waals surface area (Å²) in [6.07, 6.45) is 1.45. The first-order valence-electron chi connectivity index (χ1n) is 7.28. The molecule has 2 aliphatic rings. The van der Waals surface area contributed by atoms with Crippen LogP contribution < -0.4 is 5.32 Å². The molecule has 2 atom stereocenters. The molecular formula is C17H19NO2. The van der Waals surface area contributed by atoms with E-state index in [4.69, 9.17) is 4.74 Å². The lowest BCUT2D eigenvalue weighted by Crippen LogP contribution is -2.58. The van der Waals surface area contributed by atoms with Crippen molar-refractivity contribution >= 4 is 10.8 Å². The van der Waals surface area contributed by atoms with E-state index in [1.54, 1.807) is 0 Å². The van der Waals surface area contributed by atoms with Crippen LogP contribution in [0.15, 0.2) is 42.5 Å². The molecular weight excluding hydrogens is 250 g/mol. The van der Waals surface area contributed by atoms with Gasteiger partial charge in [0.1, 0.15) is 0 Å². The smallest absolute Gasteiger partial charge is 0.0928 e. The predicted octanol–water partition coefficient (Wildman–Crippen LogP) is 2.18. The van der Waals surface area contributed by atoms with Gasteiger partial charge in [-0.2, -0.15) is 0 Å². The summed E-state index contributed by atoms with van der Waals surface area (Å²) in [7, 11) is 0. The molecule has 2 aliphatic heterocycles. The van der Waals surface area contributed by atoms with Gasteiger partial charge in [0.15, 0.2) is 0 Å². The first kappa shape index (κ1) is 12.3. The van der Waals surface area contributed by atoms with E-state index in [2.05, 4.69) is 35.6 Å². The molecule has 104 valence electrons. The maximum atomic E-state index is 11.1. The van der Waals surface area contributed by atoms with Crippen molar-refractivity contribution in [3.63, 3.8) is 0 Å². The summed E-state index contributed by atoms with van der Waals surface area (Å²) in [4.78, 5) is 0. The Labute approximate surface area is 118 Å². The van der Waals surface area contributed by atoms with Crippen LogP contribution in [0.1, 0.15) is 18.4 Å². The molecule has 3 nitrogen and oxygen atoms in total. The maximum Gasteiger partial charge on any atom is 0.0928 e. The molecule has 4 rings (SSSR count). The Morgan fingerprint density at radius 1 is 1.00 bits per heavy atom. The van der Waals surface area contributed by atoms with Crippen molar-refractivity contribution in [2.75, 3.05) is 13.2 Å². The van der Waals surface area contributed by atoms with Gasteiger partial charge in [-0.3, -0.25) is 0 Å².